The van der Waals surface area contributed by atoms with Crippen LogP contribution in [0.5, 0.6) is 11.5 Å². The summed E-state index contributed by atoms with van der Waals surface area (Å²) in [4.78, 5) is 13.2. The van der Waals surface area contributed by atoms with Gasteiger partial charge in [-0.1, -0.05) is 25.3 Å². The van der Waals surface area contributed by atoms with Crippen molar-refractivity contribution in [3.8, 4) is 11.5 Å². The van der Waals surface area contributed by atoms with Crippen LogP contribution in [-0.2, 0) is 4.74 Å². The Balaban J connectivity index is 2.47. The van der Waals surface area contributed by atoms with Gasteiger partial charge >= 0.3 is 6.09 Å². The number of piperazine rings is 1. The normalized spacial score (nSPS) is 16.3. The molecule has 27 heavy (non-hydrogen) atoms. The van der Waals surface area contributed by atoms with Crippen molar-refractivity contribution < 1.29 is 19.0 Å². The number of hydrogen-bond acceptors (Lipinski definition) is 5. The molecular formula is C21H31N2O4+. The summed E-state index contributed by atoms with van der Waals surface area (Å²) < 4.78 is 17.3. The van der Waals surface area contributed by atoms with Crippen LogP contribution in [0.15, 0.2) is 43.5 Å². The van der Waals surface area contributed by atoms with Gasteiger partial charge in [0.05, 0.1) is 0 Å². The fourth-order valence-electron chi connectivity index (χ4n) is 2.95. The molecule has 0 unspecified atom stereocenters. The van der Waals surface area contributed by atoms with Gasteiger partial charge in [0.2, 0.25) is 0 Å². The van der Waals surface area contributed by atoms with Gasteiger partial charge in [-0.3, -0.25) is 0 Å². The Kier molecular flexibility index (Phi) is 7.05. The molecule has 1 aromatic carbocycles. The number of benzene rings is 1. The second kappa shape index (κ2) is 9.06. The summed E-state index contributed by atoms with van der Waals surface area (Å²) >= 11 is 0. The maximum Gasteiger partial charge on any atom is 0.521 e. The van der Waals surface area contributed by atoms with E-state index in [1.807, 2.05) is 39.0 Å². The summed E-state index contributed by atoms with van der Waals surface area (Å²) in [6, 6.07) is 5.59. The number of nitrogens with zero attached hydrogens (tertiary/aromatic N) is 1. The van der Waals surface area contributed by atoms with E-state index >= 15 is 0 Å². The van der Waals surface area contributed by atoms with E-state index in [9.17, 15) is 4.79 Å². The molecule has 1 heterocycles. The number of nitrogens with one attached hydrogen (secondary N) is 1. The molecule has 148 valence electrons. The largest absolute Gasteiger partial charge is 0.521 e. The summed E-state index contributed by atoms with van der Waals surface area (Å²) in [5.74, 6) is 1.26. The predicted octanol–water partition coefficient (Wildman–Crippen LogP) is 3.66. The molecule has 1 aliphatic heterocycles. The van der Waals surface area contributed by atoms with Gasteiger partial charge in [0.1, 0.15) is 43.4 Å². The highest BCUT2D eigenvalue weighted by atomic mass is 16.6. The number of amides is 1. The van der Waals surface area contributed by atoms with Crippen molar-refractivity contribution in [2.75, 3.05) is 39.4 Å². The van der Waals surface area contributed by atoms with Crippen LogP contribution < -0.4 is 19.3 Å². The van der Waals surface area contributed by atoms with Crippen LogP contribution >= 0.6 is 0 Å². The van der Waals surface area contributed by atoms with Crippen molar-refractivity contribution in [2.45, 2.75) is 26.4 Å². The van der Waals surface area contributed by atoms with E-state index in [4.69, 9.17) is 14.2 Å². The zero-order valence-corrected chi connectivity index (χ0v) is 16.6. The number of carbonyl (C=O) groups excluding carboxylic acids is 1. The van der Waals surface area contributed by atoms with Crippen molar-refractivity contribution in [1.82, 2.24) is 9.80 Å². The van der Waals surface area contributed by atoms with E-state index in [1.165, 1.54) is 0 Å². The summed E-state index contributed by atoms with van der Waals surface area (Å²) in [6.45, 7) is 16.4. The van der Waals surface area contributed by atoms with E-state index in [-0.39, 0.29) is 10.6 Å². The summed E-state index contributed by atoms with van der Waals surface area (Å²) in [5.41, 5.74) is 0.234. The molecule has 0 spiro atoms. The second-order valence-corrected chi connectivity index (χ2v) is 7.51. The number of quaternary nitrogens is 1. The standard InChI is InChI=1S/C21H31N2O4/c1-6-12-25-18-14-17(15-19(16-18)26-13-7-2)23(10-8-22-9-11-23)20(24)27-21(3,4)5/h6-7,14-16,22H,1-2,8-13H2,3-5H3/q+1. The smallest absolute Gasteiger partial charge is 0.489 e. The third kappa shape index (κ3) is 5.58. The van der Waals surface area contributed by atoms with Crippen molar-refractivity contribution in [3.05, 3.63) is 43.5 Å². The van der Waals surface area contributed by atoms with Gasteiger partial charge in [0, 0.05) is 31.3 Å². The average Bonchev–Trinajstić information content (AvgIpc) is 2.63. The van der Waals surface area contributed by atoms with Crippen LogP contribution in [0.25, 0.3) is 0 Å². The van der Waals surface area contributed by atoms with Crippen LogP contribution in [-0.4, -0.2) is 51.1 Å². The zero-order chi connectivity index (χ0) is 19.9. The average molecular weight is 375 g/mol. The molecule has 0 bridgehead atoms. The molecule has 2 rings (SSSR count). The summed E-state index contributed by atoms with van der Waals surface area (Å²) in [7, 11) is 0. The third-order valence-electron chi connectivity index (χ3n) is 4.18. The highest BCUT2D eigenvalue weighted by Crippen LogP contribution is 2.35. The Labute approximate surface area is 162 Å². The first-order chi connectivity index (χ1) is 12.8. The maximum atomic E-state index is 13.2. The van der Waals surface area contributed by atoms with Crippen LogP contribution in [0, 0.1) is 0 Å². The number of carbonyl (C=O) groups is 1. The highest BCUT2D eigenvalue weighted by Gasteiger charge is 2.45. The summed E-state index contributed by atoms with van der Waals surface area (Å²) in [6.07, 6.45) is 3.10. The zero-order valence-electron chi connectivity index (χ0n) is 16.6. The van der Waals surface area contributed by atoms with Gasteiger partial charge in [-0.2, -0.15) is 9.28 Å². The van der Waals surface area contributed by atoms with Crippen LogP contribution in [0.2, 0.25) is 0 Å². The predicted molar refractivity (Wildman–Crippen MR) is 108 cm³/mol. The number of hydrogen-bond donors (Lipinski definition) is 1. The van der Waals surface area contributed by atoms with Crippen molar-refractivity contribution in [3.63, 3.8) is 0 Å². The van der Waals surface area contributed by atoms with Gasteiger partial charge in [-0.15, -0.1) is 0 Å². The minimum absolute atomic E-state index is 0.0972. The number of rotatable bonds is 7. The van der Waals surface area contributed by atoms with Crippen molar-refractivity contribution in [1.29, 1.82) is 0 Å². The van der Waals surface area contributed by atoms with E-state index in [0.717, 1.165) is 18.8 Å². The molecule has 6 heteroatoms. The lowest BCUT2D eigenvalue weighted by Gasteiger charge is -2.39. The summed E-state index contributed by atoms with van der Waals surface area (Å²) in [5, 5.41) is 3.31. The minimum atomic E-state index is -0.563. The van der Waals surface area contributed by atoms with Gasteiger partial charge in [-0.05, 0) is 20.8 Å². The Morgan fingerprint density at radius 3 is 2.04 bits per heavy atom. The lowest BCUT2D eigenvalue weighted by atomic mass is 10.1. The Morgan fingerprint density at radius 2 is 1.59 bits per heavy atom. The molecule has 0 aliphatic carbocycles. The molecule has 0 atom stereocenters. The molecule has 1 N–H and O–H groups in total. The molecule has 0 radical (unpaired) electrons. The highest BCUT2D eigenvalue weighted by molar-refractivity contribution is 5.83. The lowest BCUT2D eigenvalue weighted by molar-refractivity contribution is 0.0241. The molecule has 1 fully saturated rings. The fourth-order valence-corrected chi connectivity index (χ4v) is 2.95. The van der Waals surface area contributed by atoms with Gasteiger partial charge in [-0.25, -0.2) is 0 Å². The molecular weight excluding hydrogens is 344 g/mol. The Hall–Kier alpha value is -2.31. The van der Waals surface area contributed by atoms with E-state index in [1.54, 1.807) is 12.2 Å². The molecule has 1 amide bonds. The first-order valence-corrected chi connectivity index (χ1v) is 9.25. The number of ether oxygens (including phenoxy) is 3. The van der Waals surface area contributed by atoms with Gasteiger partial charge in [0.25, 0.3) is 0 Å². The van der Waals surface area contributed by atoms with Gasteiger partial charge < -0.3 is 19.5 Å². The first-order valence-electron chi connectivity index (χ1n) is 9.25. The third-order valence-corrected chi connectivity index (χ3v) is 4.18. The van der Waals surface area contributed by atoms with Crippen LogP contribution in [0.1, 0.15) is 20.8 Å². The topological polar surface area (TPSA) is 56.8 Å². The van der Waals surface area contributed by atoms with E-state index in [0.29, 0.717) is 37.8 Å². The van der Waals surface area contributed by atoms with E-state index < -0.39 is 5.60 Å². The monoisotopic (exact) mass is 375 g/mol. The maximum absolute atomic E-state index is 13.2. The lowest BCUT2D eigenvalue weighted by Crippen LogP contribution is -2.64. The van der Waals surface area contributed by atoms with Crippen LogP contribution in [0.4, 0.5) is 10.5 Å². The Bertz CT molecular complexity index is 643. The first kappa shape index (κ1) is 21.0. The van der Waals surface area contributed by atoms with Gasteiger partial charge in [0.15, 0.2) is 5.69 Å². The molecule has 1 aromatic rings. The van der Waals surface area contributed by atoms with Crippen molar-refractivity contribution in [2.24, 2.45) is 0 Å². The van der Waals surface area contributed by atoms with Crippen molar-refractivity contribution >= 4 is 11.8 Å². The second-order valence-electron chi connectivity index (χ2n) is 7.51. The molecule has 6 nitrogen and oxygen atoms in total. The molecule has 0 saturated carbocycles. The minimum Gasteiger partial charge on any atom is -0.489 e. The Morgan fingerprint density at radius 1 is 1.07 bits per heavy atom. The molecule has 1 saturated heterocycles. The molecule has 1 aliphatic rings. The van der Waals surface area contributed by atoms with E-state index in [2.05, 4.69) is 18.5 Å². The quantitative estimate of drug-likeness (QED) is 0.582. The van der Waals surface area contributed by atoms with Crippen LogP contribution in [0.3, 0.4) is 0 Å². The SMILES string of the molecule is C=CCOc1cc(OCC=C)cc([N+]2(C(=O)OC(C)(C)C)CCNCC2)c1. The molecule has 0 aromatic heterocycles. The fraction of sp³-hybridized carbons (Fsp3) is 0.476.